The third-order valence-electron chi connectivity index (χ3n) is 6.12. The fourth-order valence-corrected chi connectivity index (χ4v) is 4.97. The molecule has 0 radical (unpaired) electrons. The van der Waals surface area contributed by atoms with Crippen molar-refractivity contribution < 1.29 is 0 Å². The summed E-state index contributed by atoms with van der Waals surface area (Å²) >= 11 is 0. The Bertz CT molecular complexity index is 270. The summed E-state index contributed by atoms with van der Waals surface area (Å²) in [5.41, 5.74) is 6.63. The minimum Gasteiger partial charge on any atom is -0.329 e. The average Bonchev–Trinajstić information content (AvgIpc) is 2.99. The van der Waals surface area contributed by atoms with E-state index in [2.05, 4.69) is 11.8 Å². The minimum atomic E-state index is 0.418. The normalized spacial score (nSPS) is 43.4. The number of nitrogens with zero attached hydrogens (tertiary/aromatic N) is 1. The van der Waals surface area contributed by atoms with Gasteiger partial charge in [0.25, 0.3) is 0 Å². The molecule has 2 nitrogen and oxygen atoms in total. The maximum Gasteiger partial charge on any atom is 0.0362 e. The first-order valence-electron chi connectivity index (χ1n) is 7.73. The van der Waals surface area contributed by atoms with Crippen molar-refractivity contribution in [1.29, 1.82) is 0 Å². The third kappa shape index (κ3) is 1.84. The first kappa shape index (κ1) is 12.0. The maximum atomic E-state index is 6.21. The number of rotatable bonds is 3. The Labute approximate surface area is 106 Å². The summed E-state index contributed by atoms with van der Waals surface area (Å²) in [6, 6.07) is 0. The quantitative estimate of drug-likeness (QED) is 0.816. The zero-order valence-corrected chi connectivity index (χ0v) is 11.3. The van der Waals surface area contributed by atoms with E-state index in [0.29, 0.717) is 5.54 Å². The molecule has 2 N–H and O–H groups in total. The van der Waals surface area contributed by atoms with Crippen molar-refractivity contribution >= 4 is 0 Å². The lowest BCUT2D eigenvalue weighted by molar-refractivity contribution is 0.0133. The van der Waals surface area contributed by atoms with Gasteiger partial charge in [-0.25, -0.2) is 0 Å². The van der Waals surface area contributed by atoms with Gasteiger partial charge >= 0.3 is 0 Å². The Kier molecular flexibility index (Phi) is 3.20. The second-order valence-electron chi connectivity index (χ2n) is 6.73. The minimum absolute atomic E-state index is 0.418. The van der Waals surface area contributed by atoms with E-state index in [1.807, 2.05) is 0 Å². The Morgan fingerprint density at radius 2 is 1.94 bits per heavy atom. The smallest absolute Gasteiger partial charge is 0.0362 e. The molecule has 3 rings (SSSR count). The van der Waals surface area contributed by atoms with Crippen molar-refractivity contribution in [3.05, 3.63) is 0 Å². The third-order valence-corrected chi connectivity index (χ3v) is 6.12. The summed E-state index contributed by atoms with van der Waals surface area (Å²) in [6.45, 7) is 5.89. The van der Waals surface area contributed by atoms with E-state index in [0.717, 1.165) is 24.3 Å². The molecule has 0 aromatic heterocycles. The van der Waals surface area contributed by atoms with E-state index in [1.165, 1.54) is 58.0 Å². The van der Waals surface area contributed by atoms with Crippen molar-refractivity contribution in [3.63, 3.8) is 0 Å². The predicted molar refractivity (Wildman–Crippen MR) is 71.8 cm³/mol. The van der Waals surface area contributed by atoms with Gasteiger partial charge in [0.1, 0.15) is 0 Å². The number of fused-ring (bicyclic) bond motifs is 2. The molecule has 0 amide bonds. The van der Waals surface area contributed by atoms with E-state index < -0.39 is 0 Å². The molecule has 3 fully saturated rings. The fourth-order valence-electron chi connectivity index (χ4n) is 4.97. The lowest BCUT2D eigenvalue weighted by Crippen LogP contribution is -2.59. The van der Waals surface area contributed by atoms with Crippen LogP contribution in [-0.4, -0.2) is 30.1 Å². The summed E-state index contributed by atoms with van der Waals surface area (Å²) in [5.74, 6) is 2.92. The molecule has 17 heavy (non-hydrogen) atoms. The molecule has 3 atom stereocenters. The molecule has 3 unspecified atom stereocenters. The Hall–Kier alpha value is -0.0800. The molecule has 2 bridgehead atoms. The molecule has 2 saturated carbocycles. The summed E-state index contributed by atoms with van der Waals surface area (Å²) in [5, 5.41) is 0. The molecule has 2 aliphatic carbocycles. The maximum absolute atomic E-state index is 6.21. The molecule has 0 aromatic carbocycles. The van der Waals surface area contributed by atoms with Gasteiger partial charge < -0.3 is 5.73 Å². The number of hydrogen-bond donors (Lipinski definition) is 1. The number of nitrogens with two attached hydrogens (primary N) is 1. The van der Waals surface area contributed by atoms with Gasteiger partial charge in [-0.15, -0.1) is 0 Å². The van der Waals surface area contributed by atoms with Crippen molar-refractivity contribution in [2.75, 3.05) is 19.6 Å². The Morgan fingerprint density at radius 1 is 1.18 bits per heavy atom. The van der Waals surface area contributed by atoms with E-state index in [-0.39, 0.29) is 0 Å². The molecule has 98 valence electrons. The van der Waals surface area contributed by atoms with Crippen LogP contribution in [0.15, 0.2) is 0 Å². The molecule has 2 heteroatoms. The van der Waals surface area contributed by atoms with Crippen molar-refractivity contribution in [1.82, 2.24) is 4.90 Å². The van der Waals surface area contributed by atoms with Crippen LogP contribution in [-0.2, 0) is 0 Å². The highest BCUT2D eigenvalue weighted by Crippen LogP contribution is 2.53. The van der Waals surface area contributed by atoms with E-state index in [9.17, 15) is 0 Å². The molecule has 1 heterocycles. The van der Waals surface area contributed by atoms with Crippen molar-refractivity contribution in [2.45, 2.75) is 57.4 Å². The SMILES string of the molecule is CCC1CCN(C2(CN)CC3CCC2C3)CC1. The van der Waals surface area contributed by atoms with Gasteiger partial charge in [0, 0.05) is 12.1 Å². The lowest BCUT2D eigenvalue weighted by atomic mass is 9.77. The van der Waals surface area contributed by atoms with Crippen LogP contribution in [0.25, 0.3) is 0 Å². The van der Waals surface area contributed by atoms with Gasteiger partial charge in [0.2, 0.25) is 0 Å². The monoisotopic (exact) mass is 236 g/mol. The Morgan fingerprint density at radius 3 is 2.41 bits per heavy atom. The van der Waals surface area contributed by atoms with Crippen LogP contribution in [0, 0.1) is 17.8 Å². The van der Waals surface area contributed by atoms with Crippen LogP contribution in [0.5, 0.6) is 0 Å². The zero-order chi connectivity index (χ0) is 11.9. The predicted octanol–water partition coefficient (Wildman–Crippen LogP) is 2.63. The Balaban J connectivity index is 1.70. The van der Waals surface area contributed by atoms with Crippen LogP contribution in [0.3, 0.4) is 0 Å². The summed E-state index contributed by atoms with van der Waals surface area (Å²) in [7, 11) is 0. The molecular formula is C15H28N2. The molecule has 0 spiro atoms. The number of hydrogen-bond acceptors (Lipinski definition) is 2. The number of piperidine rings is 1. The van der Waals surface area contributed by atoms with Crippen LogP contribution in [0.2, 0.25) is 0 Å². The molecular weight excluding hydrogens is 208 g/mol. The van der Waals surface area contributed by atoms with E-state index in [4.69, 9.17) is 5.73 Å². The van der Waals surface area contributed by atoms with E-state index >= 15 is 0 Å². The summed E-state index contributed by atoms with van der Waals surface area (Å²) < 4.78 is 0. The van der Waals surface area contributed by atoms with Gasteiger partial charge in [-0.2, -0.15) is 0 Å². The second-order valence-corrected chi connectivity index (χ2v) is 6.73. The van der Waals surface area contributed by atoms with E-state index in [1.54, 1.807) is 0 Å². The van der Waals surface area contributed by atoms with Crippen LogP contribution in [0.4, 0.5) is 0 Å². The van der Waals surface area contributed by atoms with Crippen LogP contribution in [0.1, 0.15) is 51.9 Å². The zero-order valence-electron chi connectivity index (χ0n) is 11.3. The molecule has 1 aliphatic heterocycles. The summed E-state index contributed by atoms with van der Waals surface area (Å²) in [4.78, 5) is 2.79. The van der Waals surface area contributed by atoms with Gasteiger partial charge in [-0.3, -0.25) is 4.90 Å². The highest BCUT2D eigenvalue weighted by molar-refractivity contribution is 5.08. The van der Waals surface area contributed by atoms with Crippen molar-refractivity contribution in [3.8, 4) is 0 Å². The van der Waals surface area contributed by atoms with Crippen LogP contribution >= 0.6 is 0 Å². The second kappa shape index (κ2) is 4.55. The average molecular weight is 236 g/mol. The van der Waals surface area contributed by atoms with Gasteiger partial charge in [-0.1, -0.05) is 19.8 Å². The number of likely N-dealkylation sites (tertiary alicyclic amines) is 1. The van der Waals surface area contributed by atoms with Gasteiger partial charge in [0.15, 0.2) is 0 Å². The van der Waals surface area contributed by atoms with Crippen LogP contribution < -0.4 is 5.73 Å². The molecule has 3 aliphatic rings. The lowest BCUT2D eigenvalue weighted by Gasteiger charge is -2.49. The van der Waals surface area contributed by atoms with Crippen molar-refractivity contribution in [2.24, 2.45) is 23.5 Å². The first-order valence-corrected chi connectivity index (χ1v) is 7.73. The van der Waals surface area contributed by atoms with Gasteiger partial charge in [0.05, 0.1) is 0 Å². The molecule has 0 aromatic rings. The fraction of sp³-hybridized carbons (Fsp3) is 1.00. The first-order chi connectivity index (χ1) is 8.28. The highest BCUT2D eigenvalue weighted by Gasteiger charge is 2.53. The van der Waals surface area contributed by atoms with Gasteiger partial charge in [-0.05, 0) is 62.9 Å². The highest BCUT2D eigenvalue weighted by atomic mass is 15.2. The molecule has 1 saturated heterocycles. The largest absolute Gasteiger partial charge is 0.329 e. The summed E-state index contributed by atoms with van der Waals surface area (Å²) in [6.07, 6.45) is 10.0. The topological polar surface area (TPSA) is 29.3 Å². The standard InChI is InChI=1S/C15H28N2/c1-2-12-5-7-17(8-6-12)15(11-16)10-13-3-4-14(15)9-13/h12-14H,2-11,16H2,1H3.